The lowest BCUT2D eigenvalue weighted by molar-refractivity contribution is 0.0939. The molecule has 0 aliphatic carbocycles. The van der Waals surface area contributed by atoms with Crippen molar-refractivity contribution < 1.29 is 4.79 Å². The van der Waals surface area contributed by atoms with Crippen LogP contribution in [0.25, 0.3) is 0 Å². The Morgan fingerprint density at radius 2 is 2.12 bits per heavy atom. The summed E-state index contributed by atoms with van der Waals surface area (Å²) in [6.45, 7) is 6.76. The van der Waals surface area contributed by atoms with E-state index in [9.17, 15) is 4.79 Å². The zero-order chi connectivity index (χ0) is 13.1. The third kappa shape index (κ3) is 4.23. The summed E-state index contributed by atoms with van der Waals surface area (Å²) in [4.78, 5) is 16.0. The number of pyridine rings is 1. The standard InChI is InChI=1S/C12H18ClN3O/c1-12(2,3)7-16-11(17)8-5-10(14-4)15-6-9(8)13/h5-6H,7H2,1-4H3,(H,14,15)(H,16,17). The van der Waals surface area contributed by atoms with Crippen LogP contribution in [0.5, 0.6) is 0 Å². The number of carbonyl (C=O) groups is 1. The van der Waals surface area contributed by atoms with Crippen LogP contribution in [-0.2, 0) is 0 Å². The minimum Gasteiger partial charge on any atom is -0.373 e. The molecular weight excluding hydrogens is 238 g/mol. The van der Waals surface area contributed by atoms with Crippen molar-refractivity contribution in [2.75, 3.05) is 18.9 Å². The van der Waals surface area contributed by atoms with Crippen LogP contribution >= 0.6 is 11.6 Å². The highest BCUT2D eigenvalue weighted by molar-refractivity contribution is 6.33. The minimum absolute atomic E-state index is 0.0427. The predicted octanol–water partition coefficient (Wildman–Crippen LogP) is 2.55. The molecule has 1 rings (SSSR count). The maximum Gasteiger partial charge on any atom is 0.253 e. The fourth-order valence-corrected chi connectivity index (χ4v) is 1.38. The van der Waals surface area contributed by atoms with Gasteiger partial charge in [0, 0.05) is 19.8 Å². The van der Waals surface area contributed by atoms with Crippen LogP contribution in [0.15, 0.2) is 12.3 Å². The average Bonchev–Trinajstić information content (AvgIpc) is 2.25. The molecule has 17 heavy (non-hydrogen) atoms. The highest BCUT2D eigenvalue weighted by Gasteiger charge is 2.15. The topological polar surface area (TPSA) is 54.0 Å². The Morgan fingerprint density at radius 3 is 2.65 bits per heavy atom. The number of hydrogen-bond donors (Lipinski definition) is 2. The second-order valence-electron chi connectivity index (χ2n) is 5.04. The Labute approximate surface area is 107 Å². The van der Waals surface area contributed by atoms with E-state index in [2.05, 4.69) is 36.4 Å². The van der Waals surface area contributed by atoms with Gasteiger partial charge in [0.2, 0.25) is 0 Å². The van der Waals surface area contributed by atoms with Gasteiger partial charge in [-0.05, 0) is 11.5 Å². The van der Waals surface area contributed by atoms with Gasteiger partial charge in [0.05, 0.1) is 10.6 Å². The lowest BCUT2D eigenvalue weighted by atomic mass is 9.97. The number of anilines is 1. The van der Waals surface area contributed by atoms with Gasteiger partial charge in [0.25, 0.3) is 5.91 Å². The Hall–Kier alpha value is -1.29. The molecule has 1 aromatic heterocycles. The number of carbonyl (C=O) groups excluding carboxylic acids is 1. The third-order valence-corrected chi connectivity index (χ3v) is 2.44. The zero-order valence-electron chi connectivity index (χ0n) is 10.6. The lowest BCUT2D eigenvalue weighted by Gasteiger charge is -2.19. The summed E-state index contributed by atoms with van der Waals surface area (Å²) in [5, 5.41) is 6.08. The molecule has 5 heteroatoms. The number of halogens is 1. The van der Waals surface area contributed by atoms with Gasteiger partial charge in [-0.15, -0.1) is 0 Å². The fourth-order valence-electron chi connectivity index (χ4n) is 1.19. The number of nitrogens with one attached hydrogen (secondary N) is 2. The molecule has 2 N–H and O–H groups in total. The Kier molecular flexibility index (Phi) is 4.34. The van der Waals surface area contributed by atoms with Crippen LogP contribution < -0.4 is 10.6 Å². The monoisotopic (exact) mass is 255 g/mol. The maximum absolute atomic E-state index is 11.9. The van der Waals surface area contributed by atoms with Gasteiger partial charge in [-0.25, -0.2) is 4.98 Å². The van der Waals surface area contributed by atoms with Crippen molar-refractivity contribution in [3.63, 3.8) is 0 Å². The molecule has 1 amide bonds. The van der Waals surface area contributed by atoms with Crippen LogP contribution in [-0.4, -0.2) is 24.5 Å². The Morgan fingerprint density at radius 1 is 1.47 bits per heavy atom. The van der Waals surface area contributed by atoms with Crippen molar-refractivity contribution >= 4 is 23.3 Å². The van der Waals surface area contributed by atoms with E-state index in [4.69, 9.17) is 11.6 Å². The van der Waals surface area contributed by atoms with Gasteiger partial charge >= 0.3 is 0 Å². The molecule has 0 aromatic carbocycles. The van der Waals surface area contributed by atoms with Crippen molar-refractivity contribution in [3.8, 4) is 0 Å². The highest BCUT2D eigenvalue weighted by atomic mass is 35.5. The van der Waals surface area contributed by atoms with E-state index in [1.165, 1.54) is 6.20 Å². The van der Waals surface area contributed by atoms with E-state index in [1.807, 2.05) is 0 Å². The Balaban J connectivity index is 2.81. The molecule has 0 aliphatic rings. The molecular formula is C12H18ClN3O. The largest absolute Gasteiger partial charge is 0.373 e. The maximum atomic E-state index is 11.9. The summed E-state index contributed by atoms with van der Waals surface area (Å²) in [6.07, 6.45) is 1.47. The van der Waals surface area contributed by atoms with Gasteiger partial charge in [-0.1, -0.05) is 32.4 Å². The first-order valence-corrected chi connectivity index (χ1v) is 5.83. The van der Waals surface area contributed by atoms with Crippen LogP contribution in [0.4, 0.5) is 5.82 Å². The molecule has 0 bridgehead atoms. The smallest absolute Gasteiger partial charge is 0.253 e. The number of aromatic nitrogens is 1. The van der Waals surface area contributed by atoms with Crippen molar-refractivity contribution in [2.24, 2.45) is 5.41 Å². The molecule has 0 radical (unpaired) electrons. The van der Waals surface area contributed by atoms with Gasteiger partial charge in [0.1, 0.15) is 5.82 Å². The third-order valence-electron chi connectivity index (χ3n) is 2.14. The lowest BCUT2D eigenvalue weighted by Crippen LogP contribution is -2.32. The number of rotatable bonds is 3. The molecule has 0 saturated carbocycles. The van der Waals surface area contributed by atoms with Crippen LogP contribution in [0.2, 0.25) is 5.02 Å². The normalized spacial score (nSPS) is 11.1. The minimum atomic E-state index is -0.177. The summed E-state index contributed by atoms with van der Waals surface area (Å²) in [5.74, 6) is 0.444. The first-order chi connectivity index (χ1) is 7.83. The molecule has 0 unspecified atom stereocenters. The molecule has 0 aliphatic heterocycles. The molecule has 94 valence electrons. The summed E-state index contributed by atoms with van der Waals surface area (Å²) < 4.78 is 0. The molecule has 1 aromatic rings. The quantitative estimate of drug-likeness (QED) is 0.873. The zero-order valence-corrected chi connectivity index (χ0v) is 11.4. The van der Waals surface area contributed by atoms with Gasteiger partial charge in [0.15, 0.2) is 0 Å². The van der Waals surface area contributed by atoms with E-state index in [1.54, 1.807) is 13.1 Å². The number of amides is 1. The second-order valence-corrected chi connectivity index (χ2v) is 5.45. The van der Waals surface area contributed by atoms with E-state index >= 15 is 0 Å². The first kappa shape index (κ1) is 13.8. The number of hydrogen-bond acceptors (Lipinski definition) is 3. The summed E-state index contributed by atoms with van der Waals surface area (Å²) in [6, 6.07) is 1.64. The second kappa shape index (κ2) is 5.36. The van der Waals surface area contributed by atoms with Gasteiger partial charge < -0.3 is 10.6 Å². The van der Waals surface area contributed by atoms with Gasteiger partial charge in [-0.2, -0.15) is 0 Å². The van der Waals surface area contributed by atoms with Crippen molar-refractivity contribution in [1.82, 2.24) is 10.3 Å². The molecule has 1 heterocycles. The highest BCUT2D eigenvalue weighted by Crippen LogP contribution is 2.18. The van der Waals surface area contributed by atoms with Crippen LogP contribution in [0.3, 0.4) is 0 Å². The SMILES string of the molecule is CNc1cc(C(=O)NCC(C)(C)C)c(Cl)cn1. The molecule has 0 saturated heterocycles. The van der Waals surface area contributed by atoms with Crippen LogP contribution in [0, 0.1) is 5.41 Å². The summed E-state index contributed by atoms with van der Waals surface area (Å²) in [7, 11) is 1.74. The predicted molar refractivity (Wildman–Crippen MR) is 70.6 cm³/mol. The van der Waals surface area contributed by atoms with E-state index < -0.39 is 0 Å². The van der Waals surface area contributed by atoms with Crippen molar-refractivity contribution in [3.05, 3.63) is 22.8 Å². The average molecular weight is 256 g/mol. The van der Waals surface area contributed by atoms with E-state index in [-0.39, 0.29) is 11.3 Å². The van der Waals surface area contributed by atoms with E-state index in [0.717, 1.165) is 0 Å². The van der Waals surface area contributed by atoms with E-state index in [0.29, 0.717) is 22.9 Å². The molecule has 0 fully saturated rings. The molecule has 4 nitrogen and oxygen atoms in total. The summed E-state index contributed by atoms with van der Waals surface area (Å²) in [5.41, 5.74) is 0.483. The van der Waals surface area contributed by atoms with Crippen LogP contribution in [0.1, 0.15) is 31.1 Å². The first-order valence-electron chi connectivity index (χ1n) is 5.45. The molecule has 0 spiro atoms. The van der Waals surface area contributed by atoms with Crippen molar-refractivity contribution in [1.29, 1.82) is 0 Å². The van der Waals surface area contributed by atoms with Crippen molar-refractivity contribution in [2.45, 2.75) is 20.8 Å². The van der Waals surface area contributed by atoms with Gasteiger partial charge in [-0.3, -0.25) is 4.79 Å². The summed E-state index contributed by atoms with van der Waals surface area (Å²) >= 11 is 5.95. The number of nitrogens with zero attached hydrogens (tertiary/aromatic N) is 1. The Bertz CT molecular complexity index is 413. The molecule has 0 atom stereocenters. The fraction of sp³-hybridized carbons (Fsp3) is 0.500.